The molecule has 1 saturated heterocycles. The number of urea groups is 1. The molecule has 2 aliphatic heterocycles. The van der Waals surface area contributed by atoms with E-state index >= 15 is 0 Å². The number of carbonyl (C=O) groups excluding carboxylic acids is 1. The molecule has 2 atom stereocenters. The molecule has 8 rings (SSSR count). The Morgan fingerprint density at radius 3 is 2.28 bits per heavy atom. The highest BCUT2D eigenvalue weighted by molar-refractivity contribution is 5.98. The van der Waals surface area contributed by atoms with Crippen LogP contribution in [0.15, 0.2) is 42.6 Å². The molecule has 3 heterocycles. The first-order valence-corrected chi connectivity index (χ1v) is 16.0. The minimum atomic E-state index is -0.496. The van der Waals surface area contributed by atoms with Gasteiger partial charge >= 0.3 is 6.03 Å². The number of fused-ring (bicyclic) bond motifs is 1. The van der Waals surface area contributed by atoms with Crippen LogP contribution in [0.25, 0.3) is 0 Å². The Labute approximate surface area is 254 Å². The van der Waals surface area contributed by atoms with E-state index in [0.29, 0.717) is 44.1 Å². The average Bonchev–Trinajstić information content (AvgIpc) is 3.01. The third-order valence-corrected chi connectivity index (χ3v) is 10.7. The molecule has 5 fully saturated rings. The fourth-order valence-corrected chi connectivity index (χ4v) is 8.96. The van der Waals surface area contributed by atoms with Gasteiger partial charge in [0.2, 0.25) is 0 Å². The van der Waals surface area contributed by atoms with Gasteiger partial charge in [-0.2, -0.15) is 0 Å². The van der Waals surface area contributed by atoms with Crippen molar-refractivity contribution in [2.45, 2.75) is 49.8 Å². The molecule has 2 N–H and O–H groups in total. The van der Waals surface area contributed by atoms with Crippen molar-refractivity contribution in [3.63, 3.8) is 0 Å². The Morgan fingerprint density at radius 2 is 1.65 bits per heavy atom. The normalized spacial score (nSPS) is 30.2. The maximum atomic E-state index is 13.7. The predicted octanol–water partition coefficient (Wildman–Crippen LogP) is 3.47. The highest BCUT2D eigenvalue weighted by Gasteiger charge is 2.55. The van der Waals surface area contributed by atoms with Crippen LogP contribution in [0.3, 0.4) is 0 Å². The minimum absolute atomic E-state index is 0.0164. The lowest BCUT2D eigenvalue weighted by Gasteiger charge is -2.58. The lowest BCUT2D eigenvalue weighted by molar-refractivity contribution is -0.136. The van der Waals surface area contributed by atoms with Crippen molar-refractivity contribution in [2.24, 2.45) is 17.8 Å². The van der Waals surface area contributed by atoms with Gasteiger partial charge in [-0.3, -0.25) is 9.80 Å². The Kier molecular flexibility index (Phi) is 7.96. The van der Waals surface area contributed by atoms with Crippen molar-refractivity contribution in [1.29, 1.82) is 0 Å². The maximum absolute atomic E-state index is 13.7. The Balaban J connectivity index is 1.01. The largest absolute Gasteiger partial charge is 0.390 e. The second-order valence-corrected chi connectivity index (χ2v) is 13.4. The third-order valence-electron chi connectivity index (χ3n) is 10.7. The number of hydrogen-bond acceptors (Lipinski definition) is 8. The highest BCUT2D eigenvalue weighted by atomic mass is 16.5. The third kappa shape index (κ3) is 5.59. The molecule has 10 heteroatoms. The second-order valence-electron chi connectivity index (χ2n) is 13.4. The van der Waals surface area contributed by atoms with Crippen molar-refractivity contribution < 1.29 is 19.4 Å². The standard InChI is InChI=1S/C33H46N6O4/c1-42-21-27(22-43-2)37-11-9-36(10-12-37)26-7-8-30(34-20-26)38-13-14-39(29-6-4-3-5-28(29)38)32(40)35-31-24-15-23-16-25(31)19-33(41,17-23)18-24/h3-8,20,23-25,27,31,41H,9-19,21-22H2,1-2H3,(H,35,40). The van der Waals surface area contributed by atoms with Gasteiger partial charge in [-0.05, 0) is 74.1 Å². The molecule has 2 amide bonds. The summed E-state index contributed by atoms with van der Waals surface area (Å²) >= 11 is 0. The number of ether oxygens (including phenoxy) is 2. The molecule has 4 saturated carbocycles. The molecular weight excluding hydrogens is 544 g/mol. The molecule has 10 nitrogen and oxygen atoms in total. The number of rotatable bonds is 8. The van der Waals surface area contributed by atoms with E-state index in [9.17, 15) is 9.90 Å². The summed E-state index contributed by atoms with van der Waals surface area (Å²) in [7, 11) is 3.49. The molecule has 1 aromatic carbocycles. The van der Waals surface area contributed by atoms with E-state index in [1.807, 2.05) is 29.3 Å². The van der Waals surface area contributed by atoms with E-state index in [0.717, 1.165) is 81.2 Å². The molecule has 4 bridgehead atoms. The number of aromatic nitrogens is 1. The summed E-state index contributed by atoms with van der Waals surface area (Å²) in [6, 6.07) is 12.8. The van der Waals surface area contributed by atoms with E-state index < -0.39 is 5.60 Å². The average molecular weight is 591 g/mol. The number of amides is 2. The second kappa shape index (κ2) is 11.9. The lowest BCUT2D eigenvalue weighted by atomic mass is 9.52. The minimum Gasteiger partial charge on any atom is -0.390 e. The summed E-state index contributed by atoms with van der Waals surface area (Å²) in [6.07, 6.45) is 6.85. The van der Waals surface area contributed by atoms with Crippen LogP contribution >= 0.6 is 0 Å². The predicted molar refractivity (Wildman–Crippen MR) is 167 cm³/mol. The van der Waals surface area contributed by atoms with E-state index in [4.69, 9.17) is 14.5 Å². The first-order valence-electron chi connectivity index (χ1n) is 16.0. The van der Waals surface area contributed by atoms with Crippen molar-refractivity contribution in [3.8, 4) is 0 Å². The summed E-state index contributed by atoms with van der Waals surface area (Å²) in [5.41, 5.74) is 2.55. The lowest BCUT2D eigenvalue weighted by Crippen LogP contribution is -2.63. The van der Waals surface area contributed by atoms with Crippen LogP contribution in [0.4, 0.5) is 27.7 Å². The van der Waals surface area contributed by atoms with Crippen molar-refractivity contribution in [2.75, 3.05) is 81.4 Å². The monoisotopic (exact) mass is 590 g/mol. The first-order chi connectivity index (χ1) is 20.9. The first kappa shape index (κ1) is 28.8. The van der Waals surface area contributed by atoms with Crippen LogP contribution in [0, 0.1) is 17.8 Å². The van der Waals surface area contributed by atoms with Crippen molar-refractivity contribution in [3.05, 3.63) is 42.6 Å². The number of carbonyl (C=O) groups is 1. The van der Waals surface area contributed by atoms with Crippen LogP contribution in [0.5, 0.6) is 0 Å². The van der Waals surface area contributed by atoms with Gasteiger partial charge in [0.15, 0.2) is 0 Å². The molecule has 43 heavy (non-hydrogen) atoms. The number of piperazine rings is 1. The summed E-state index contributed by atoms with van der Waals surface area (Å²) in [6.45, 7) is 6.40. The van der Waals surface area contributed by atoms with Gasteiger partial charge in [0.25, 0.3) is 0 Å². The topological polar surface area (TPSA) is 93.6 Å². The fourth-order valence-electron chi connectivity index (χ4n) is 8.96. The van der Waals surface area contributed by atoms with E-state index in [1.54, 1.807) is 14.2 Å². The maximum Gasteiger partial charge on any atom is 0.322 e. The fraction of sp³-hybridized carbons (Fsp3) is 0.636. The van der Waals surface area contributed by atoms with E-state index in [2.05, 4.69) is 38.2 Å². The number of benzene rings is 1. The molecule has 6 aliphatic rings. The van der Waals surface area contributed by atoms with Crippen LogP contribution in [-0.2, 0) is 9.47 Å². The Bertz CT molecular complexity index is 1260. The zero-order valence-electron chi connectivity index (χ0n) is 25.5. The van der Waals surface area contributed by atoms with Gasteiger partial charge in [0.05, 0.1) is 48.1 Å². The van der Waals surface area contributed by atoms with E-state index in [-0.39, 0.29) is 18.1 Å². The van der Waals surface area contributed by atoms with E-state index in [1.165, 1.54) is 0 Å². The summed E-state index contributed by atoms with van der Waals surface area (Å²) in [5, 5.41) is 14.4. The molecule has 0 spiro atoms. The highest BCUT2D eigenvalue weighted by Crippen LogP contribution is 2.55. The van der Waals surface area contributed by atoms with Gasteiger partial charge in [0.1, 0.15) is 5.82 Å². The summed E-state index contributed by atoms with van der Waals surface area (Å²) < 4.78 is 10.8. The summed E-state index contributed by atoms with van der Waals surface area (Å²) in [5.74, 6) is 2.29. The molecule has 232 valence electrons. The number of anilines is 4. The van der Waals surface area contributed by atoms with Crippen LogP contribution in [-0.4, -0.2) is 105 Å². The van der Waals surface area contributed by atoms with Gasteiger partial charge in [0, 0.05) is 59.5 Å². The van der Waals surface area contributed by atoms with Crippen molar-refractivity contribution >= 4 is 28.9 Å². The number of nitrogens with one attached hydrogen (secondary N) is 1. The number of hydrogen-bond donors (Lipinski definition) is 2. The number of para-hydroxylation sites is 2. The molecule has 1 aromatic heterocycles. The smallest absolute Gasteiger partial charge is 0.322 e. The Morgan fingerprint density at radius 1 is 0.953 bits per heavy atom. The van der Waals surface area contributed by atoms with Crippen molar-refractivity contribution in [1.82, 2.24) is 15.2 Å². The van der Waals surface area contributed by atoms with Crippen LogP contribution in [0.2, 0.25) is 0 Å². The van der Waals surface area contributed by atoms with Gasteiger partial charge in [-0.15, -0.1) is 0 Å². The zero-order valence-corrected chi connectivity index (χ0v) is 25.5. The number of nitrogens with zero attached hydrogens (tertiary/aromatic N) is 5. The molecule has 0 radical (unpaired) electrons. The molecule has 2 aromatic rings. The van der Waals surface area contributed by atoms with Gasteiger partial charge < -0.3 is 29.7 Å². The van der Waals surface area contributed by atoms with Gasteiger partial charge in [-0.25, -0.2) is 9.78 Å². The van der Waals surface area contributed by atoms with Crippen LogP contribution in [0.1, 0.15) is 32.1 Å². The summed E-state index contributed by atoms with van der Waals surface area (Å²) in [4.78, 5) is 27.6. The molecular formula is C33H46N6O4. The van der Waals surface area contributed by atoms with Crippen LogP contribution < -0.4 is 20.0 Å². The number of pyridine rings is 1. The SMILES string of the molecule is COCC(COC)N1CCN(c2ccc(N3CCN(C(=O)NC4C5CC6CC4CC(O)(C6)C5)c4ccccc43)nc2)CC1. The molecule has 2 unspecified atom stereocenters. The number of methoxy groups -OCH3 is 2. The quantitative estimate of drug-likeness (QED) is 0.483. The zero-order chi connectivity index (χ0) is 29.6. The molecule has 4 aliphatic carbocycles. The Hall–Kier alpha value is -2.92. The number of aliphatic hydroxyl groups is 1. The van der Waals surface area contributed by atoms with Gasteiger partial charge in [-0.1, -0.05) is 12.1 Å².